The van der Waals surface area contributed by atoms with Crippen LogP contribution >= 0.6 is 0 Å². The third kappa shape index (κ3) is 12.4. The fraction of sp³-hybridized carbons (Fsp3) is 0.667. The normalized spacial score (nSPS) is 30.8. The van der Waals surface area contributed by atoms with Gasteiger partial charge in [0.15, 0.2) is 0 Å². The van der Waals surface area contributed by atoms with Crippen molar-refractivity contribution in [2.75, 3.05) is 0 Å². The van der Waals surface area contributed by atoms with E-state index < -0.39 is 6.10 Å². The Kier molecular flexibility index (Phi) is 16.4. The van der Waals surface area contributed by atoms with E-state index in [0.29, 0.717) is 42.9 Å². The Morgan fingerprint density at radius 3 is 2.35 bits per heavy atom. The molecule has 4 rings (SSSR count). The highest BCUT2D eigenvalue weighted by molar-refractivity contribution is 5.69. The van der Waals surface area contributed by atoms with Gasteiger partial charge in [-0.05, 0) is 130 Å². The minimum absolute atomic E-state index is 0.162. The molecule has 4 heteroatoms. The Hall–Kier alpha value is -2.43. The standard InChI is InChI=1S/C45H68O4/c1-5-6-7-8-9-10-11-12-13-14-15-16-17-18-19-22-44(48)49-39-32-38(35(3)43(47)33-39)27-24-36-21-20-31-45(4)40(28-29-41(36)45)34(2)23-30-42(46)37-25-26-37/h9-10,12-13,15-16,23-24,27,30,34,37,39-43,46-47H,3,5-8,11,14,17-22,25-26,28-29,31-33H2,1-2,4H3/b10-9-,13-12-,16-15-,30-23+,36-24+,38-27+/t34-,39-,40-,41+,42-,43+,45-/m1/s1. The molecule has 49 heavy (non-hydrogen) atoms. The minimum atomic E-state index is -0.677. The quantitative estimate of drug-likeness (QED) is 0.0814. The van der Waals surface area contributed by atoms with Crippen LogP contribution in [0.25, 0.3) is 0 Å². The maximum atomic E-state index is 12.7. The summed E-state index contributed by atoms with van der Waals surface area (Å²) in [5, 5.41) is 21.2. The topological polar surface area (TPSA) is 66.8 Å². The number of hydrogen-bond acceptors (Lipinski definition) is 4. The van der Waals surface area contributed by atoms with E-state index in [-0.39, 0.29) is 23.6 Å². The first-order chi connectivity index (χ1) is 23.7. The van der Waals surface area contributed by atoms with Crippen LogP contribution in [0.1, 0.15) is 143 Å². The minimum Gasteiger partial charge on any atom is -0.462 e. The Labute approximate surface area is 299 Å². The number of esters is 1. The molecule has 7 atom stereocenters. The number of ether oxygens (including phenoxy) is 1. The molecule has 0 aliphatic heterocycles. The Balaban J connectivity index is 1.19. The molecule has 0 aromatic rings. The summed E-state index contributed by atoms with van der Waals surface area (Å²) in [6.07, 6.45) is 40.6. The smallest absolute Gasteiger partial charge is 0.306 e. The van der Waals surface area contributed by atoms with Crippen molar-refractivity contribution in [3.05, 3.63) is 84.1 Å². The molecule has 0 spiro atoms. The number of carbonyl (C=O) groups is 1. The Bertz CT molecular complexity index is 1230. The Morgan fingerprint density at radius 1 is 0.959 bits per heavy atom. The summed E-state index contributed by atoms with van der Waals surface area (Å²) in [7, 11) is 0. The monoisotopic (exact) mass is 673 g/mol. The molecular weight excluding hydrogens is 604 g/mol. The van der Waals surface area contributed by atoms with Crippen LogP contribution < -0.4 is 0 Å². The molecule has 272 valence electrons. The lowest BCUT2D eigenvalue weighted by Gasteiger charge is -2.44. The van der Waals surface area contributed by atoms with Gasteiger partial charge in [0, 0.05) is 19.3 Å². The van der Waals surface area contributed by atoms with E-state index in [1.165, 1.54) is 56.9 Å². The highest BCUT2D eigenvalue weighted by Gasteiger charge is 2.50. The van der Waals surface area contributed by atoms with Crippen molar-refractivity contribution in [1.82, 2.24) is 0 Å². The number of hydrogen-bond donors (Lipinski definition) is 2. The largest absolute Gasteiger partial charge is 0.462 e. The van der Waals surface area contributed by atoms with Crippen molar-refractivity contribution in [3.8, 4) is 0 Å². The zero-order chi connectivity index (χ0) is 35.1. The second kappa shape index (κ2) is 20.4. The molecule has 2 N–H and O–H groups in total. The second-order valence-corrected chi connectivity index (χ2v) is 15.8. The number of carbonyl (C=O) groups excluding carboxylic acids is 1. The molecule has 0 aromatic carbocycles. The highest BCUT2D eigenvalue weighted by atomic mass is 16.5. The molecule has 4 fully saturated rings. The maximum Gasteiger partial charge on any atom is 0.306 e. The third-order valence-corrected chi connectivity index (χ3v) is 12.0. The van der Waals surface area contributed by atoms with E-state index in [4.69, 9.17) is 4.74 Å². The molecule has 0 unspecified atom stereocenters. The van der Waals surface area contributed by atoms with Gasteiger partial charge in [0.1, 0.15) is 6.10 Å². The molecule has 4 saturated carbocycles. The van der Waals surface area contributed by atoms with Crippen LogP contribution in [0.3, 0.4) is 0 Å². The van der Waals surface area contributed by atoms with Crippen LogP contribution in [0.2, 0.25) is 0 Å². The molecule has 0 bridgehead atoms. The zero-order valence-corrected chi connectivity index (χ0v) is 31.2. The summed E-state index contributed by atoms with van der Waals surface area (Å²) < 4.78 is 5.88. The van der Waals surface area contributed by atoms with Crippen LogP contribution in [0.15, 0.2) is 84.1 Å². The molecule has 4 nitrogen and oxygen atoms in total. The Morgan fingerprint density at radius 2 is 1.65 bits per heavy atom. The van der Waals surface area contributed by atoms with Crippen LogP contribution in [-0.4, -0.2) is 34.5 Å². The first kappa shape index (κ1) is 39.4. The van der Waals surface area contributed by atoms with Crippen molar-refractivity contribution in [3.63, 3.8) is 0 Å². The average molecular weight is 673 g/mol. The van der Waals surface area contributed by atoms with E-state index in [2.05, 4.69) is 88.1 Å². The van der Waals surface area contributed by atoms with Crippen LogP contribution in [0, 0.1) is 29.1 Å². The van der Waals surface area contributed by atoms with Gasteiger partial charge < -0.3 is 14.9 Å². The molecule has 0 aromatic heterocycles. The van der Waals surface area contributed by atoms with Gasteiger partial charge in [-0.15, -0.1) is 0 Å². The average Bonchev–Trinajstić information content (AvgIpc) is 3.87. The van der Waals surface area contributed by atoms with Crippen molar-refractivity contribution in [1.29, 1.82) is 0 Å². The van der Waals surface area contributed by atoms with Crippen molar-refractivity contribution in [2.45, 2.75) is 161 Å². The summed E-state index contributed by atoms with van der Waals surface area (Å²) in [4.78, 5) is 12.7. The SMILES string of the molecule is C=C1/C(=C/C=C2\CCC[C@]3(C)[C@@H]([C@H](C)/C=C/[C@@H](O)C4CC4)CC[C@@H]23)C[C@@H](OC(=O)CCCC/C=C\C/C=C\C/C=C\CCCCC)C[C@@H]1O. The number of aliphatic hydroxyl groups excluding tert-OH is 2. The van der Waals surface area contributed by atoms with Crippen molar-refractivity contribution < 1.29 is 19.7 Å². The maximum absolute atomic E-state index is 12.7. The summed E-state index contributed by atoms with van der Waals surface area (Å²) in [5.41, 5.74) is 3.57. The molecule has 4 aliphatic carbocycles. The van der Waals surface area contributed by atoms with E-state index in [1.54, 1.807) is 0 Å². The van der Waals surface area contributed by atoms with Crippen LogP contribution in [-0.2, 0) is 9.53 Å². The van der Waals surface area contributed by atoms with Gasteiger partial charge in [-0.3, -0.25) is 4.79 Å². The fourth-order valence-electron chi connectivity index (χ4n) is 8.77. The predicted molar refractivity (Wildman–Crippen MR) is 205 cm³/mol. The van der Waals surface area contributed by atoms with Gasteiger partial charge in [-0.1, -0.05) is 107 Å². The fourth-order valence-corrected chi connectivity index (χ4v) is 8.77. The van der Waals surface area contributed by atoms with Crippen molar-refractivity contribution in [2.24, 2.45) is 29.1 Å². The summed E-state index contributed by atoms with van der Waals surface area (Å²) in [6.45, 7) is 11.3. The zero-order valence-electron chi connectivity index (χ0n) is 31.2. The van der Waals surface area contributed by atoms with Gasteiger partial charge >= 0.3 is 5.97 Å². The molecule has 4 aliphatic rings. The molecule has 0 saturated heterocycles. The molecule has 0 radical (unpaired) electrons. The summed E-state index contributed by atoms with van der Waals surface area (Å²) in [6, 6.07) is 0. The number of unbranched alkanes of at least 4 members (excludes halogenated alkanes) is 5. The van der Waals surface area contributed by atoms with E-state index in [9.17, 15) is 15.0 Å². The molecule has 0 heterocycles. The number of fused-ring (bicyclic) bond motifs is 1. The number of allylic oxidation sites excluding steroid dienone is 10. The summed E-state index contributed by atoms with van der Waals surface area (Å²) >= 11 is 0. The summed E-state index contributed by atoms with van der Waals surface area (Å²) in [5.74, 6) is 1.98. The van der Waals surface area contributed by atoms with Gasteiger partial charge in [-0.25, -0.2) is 0 Å². The van der Waals surface area contributed by atoms with Crippen LogP contribution in [0.4, 0.5) is 0 Å². The number of aliphatic hydroxyl groups is 2. The van der Waals surface area contributed by atoms with Gasteiger partial charge in [0.2, 0.25) is 0 Å². The lowest BCUT2D eigenvalue weighted by atomic mass is 9.61. The van der Waals surface area contributed by atoms with Gasteiger partial charge in [-0.2, -0.15) is 0 Å². The first-order valence-electron chi connectivity index (χ1n) is 20.0. The third-order valence-electron chi connectivity index (χ3n) is 12.0. The van der Waals surface area contributed by atoms with Crippen LogP contribution in [0.5, 0.6) is 0 Å². The van der Waals surface area contributed by atoms with Gasteiger partial charge in [0.05, 0.1) is 12.2 Å². The molecule has 0 amide bonds. The van der Waals surface area contributed by atoms with E-state index in [0.717, 1.165) is 62.5 Å². The van der Waals surface area contributed by atoms with Crippen molar-refractivity contribution >= 4 is 5.97 Å². The lowest BCUT2D eigenvalue weighted by molar-refractivity contribution is -0.150. The highest BCUT2D eigenvalue weighted by Crippen LogP contribution is 2.59. The van der Waals surface area contributed by atoms with E-state index >= 15 is 0 Å². The first-order valence-corrected chi connectivity index (χ1v) is 20.0. The molecular formula is C45H68O4. The van der Waals surface area contributed by atoms with E-state index in [1.807, 2.05) is 0 Å². The predicted octanol–water partition coefficient (Wildman–Crippen LogP) is 11.2. The second-order valence-electron chi connectivity index (χ2n) is 15.8. The lowest BCUT2D eigenvalue weighted by Crippen LogP contribution is -2.35. The number of rotatable bonds is 19. The van der Waals surface area contributed by atoms with Gasteiger partial charge in [0.25, 0.3) is 0 Å².